The van der Waals surface area contributed by atoms with Gasteiger partial charge in [0.25, 0.3) is 0 Å². The minimum Gasteiger partial charge on any atom is -0.876 e. The van der Waals surface area contributed by atoms with Crippen LogP contribution in [0, 0.1) is 153 Å². The molecule has 0 spiro atoms. The van der Waals surface area contributed by atoms with E-state index in [-0.39, 0.29) is 244 Å². The summed E-state index contributed by atoms with van der Waals surface area (Å²) in [5.74, 6) is -6.09. The van der Waals surface area contributed by atoms with Gasteiger partial charge in [0.1, 0.15) is 0 Å². The number of aliphatic hydroxyl groups is 8. The third-order valence-electron chi connectivity index (χ3n) is 6.92. The Morgan fingerprint density at radius 1 is 0.310 bits per heavy atom. The molecular weight excluding hydrogens is 1920 g/mol. The molecule has 4 radical (unpaired) electrons. The molecule has 0 aliphatic heterocycles. The zero-order valence-electron chi connectivity index (χ0n) is 58.6. The molecular formula is C64H90Dy4N6O26. The van der Waals surface area contributed by atoms with Crippen molar-refractivity contribution in [3.63, 3.8) is 0 Å². The van der Waals surface area contributed by atoms with Crippen LogP contribution in [-0.4, -0.2) is 167 Å². The van der Waals surface area contributed by atoms with Crippen LogP contribution in [0.5, 0.6) is 23.0 Å². The number of aliphatic hydroxyl groups excluding tert-OH is 8. The van der Waals surface area contributed by atoms with E-state index in [4.69, 9.17) is 40.9 Å². The van der Waals surface area contributed by atoms with Gasteiger partial charge in [-0.3, -0.25) is 38.7 Å². The van der Waals surface area contributed by atoms with Crippen molar-refractivity contribution in [3.05, 3.63) is 179 Å². The van der Waals surface area contributed by atoms with Gasteiger partial charge in [-0.1, -0.05) is 90.1 Å². The van der Waals surface area contributed by atoms with Crippen LogP contribution < -0.4 is 61.3 Å². The molecule has 2 heterocycles. The number of nitrogens with zero attached hydrogens (tertiary/aromatic N) is 6. The number of ketones is 6. The van der Waals surface area contributed by atoms with Gasteiger partial charge in [-0.25, -0.2) is 0 Å². The van der Waals surface area contributed by atoms with Gasteiger partial charge in [-0.05, 0) is 113 Å². The third-order valence-corrected chi connectivity index (χ3v) is 6.92. The summed E-state index contributed by atoms with van der Waals surface area (Å²) >= 11 is 0. The van der Waals surface area contributed by atoms with E-state index in [0.717, 1.165) is 118 Å². The summed E-state index contributed by atoms with van der Waals surface area (Å²) in [6.07, 6.45) is 11.4. The minimum atomic E-state index is -0.674. The van der Waals surface area contributed by atoms with Crippen LogP contribution >= 0.6 is 0 Å². The molecule has 0 fully saturated rings. The summed E-state index contributed by atoms with van der Waals surface area (Å²) in [6.45, 7) is 16.2. The van der Waals surface area contributed by atoms with E-state index >= 15 is 0 Å². The number of hydrogen-bond acceptors (Lipinski definition) is 32. The topological polar surface area (TPSA) is 616 Å². The quantitative estimate of drug-likeness (QED) is 0.0216. The van der Waals surface area contributed by atoms with E-state index in [1.165, 1.54) is 132 Å². The molecule has 4 aromatic rings. The van der Waals surface area contributed by atoms with Crippen molar-refractivity contribution in [1.29, 1.82) is 0 Å². The molecule has 32 nitrogen and oxygen atoms in total. The molecule has 4 rings (SSSR count). The number of carbonyl (C=O) groups excluding carboxylic acids is 6. The average Bonchev–Trinajstić information content (AvgIpc) is 0.888. The molecule has 0 saturated carbocycles. The predicted octanol–water partition coefficient (Wildman–Crippen LogP) is -5.36. The second kappa shape index (κ2) is 102. The first kappa shape index (κ1) is 134. The van der Waals surface area contributed by atoms with Gasteiger partial charge in [0.15, 0.2) is 34.7 Å². The number of aromatic nitrogens is 2. The summed E-state index contributed by atoms with van der Waals surface area (Å²) < 4.78 is 0. The number of carbonyl (C=O) groups is 6. The zero-order valence-corrected chi connectivity index (χ0v) is 66.7. The van der Waals surface area contributed by atoms with E-state index in [1.54, 1.807) is 24.3 Å². The van der Waals surface area contributed by atoms with Gasteiger partial charge in [-0.2, -0.15) is 20.4 Å². The maximum atomic E-state index is 11.5. The van der Waals surface area contributed by atoms with Gasteiger partial charge in [0.05, 0.1) is 23.8 Å². The first-order valence-corrected chi connectivity index (χ1v) is 26.2. The van der Waals surface area contributed by atoms with E-state index in [1.807, 2.05) is 0 Å². The zero-order chi connectivity index (χ0) is 78.5. The molecule has 8 N–H and O–H groups in total. The normalized spacial score (nSPS) is 9.80. The largest absolute Gasteiger partial charge is 3.00 e. The van der Waals surface area contributed by atoms with Crippen molar-refractivity contribution < 1.29 is 284 Å². The standard InChI is InChI=1S/2C13H11N3O3.6C5H8O2.8CH4O.4Dy/c2*17-11-6-3-4-9(12(11)18)8-15-16-13(19)10-5-1-2-7-14-10;6*1-4(6)3-5(2)7;8*1-2;;;;/h2*1-8,17-18H,(H,16,19);6*3,6H,1-2H3;8*2H,1H3;;;;/q;;;;;;;;;;;;;;;;4*+3/p-12/b2*15-8+;6*4-3-;;;;;;;;;;;;. The first-order valence-electron chi connectivity index (χ1n) is 26.2. The van der Waals surface area contributed by atoms with E-state index in [0.29, 0.717) is 0 Å². The number of para-hydroxylation sites is 2. The Morgan fingerprint density at radius 3 is 0.640 bits per heavy atom. The fraction of sp³-hybridized carbons (Fsp3) is 0.312. The third kappa shape index (κ3) is 114. The van der Waals surface area contributed by atoms with Crippen molar-refractivity contribution >= 4 is 58.9 Å². The van der Waals surface area contributed by atoms with Crippen LogP contribution in [-0.2, 0) is 28.8 Å². The first-order chi connectivity index (χ1) is 45.1. The average molecular weight is 2010 g/mol. The fourth-order valence-electron chi connectivity index (χ4n) is 4.35. The van der Waals surface area contributed by atoms with Crippen LogP contribution in [0.3, 0.4) is 0 Å². The molecule has 2 aromatic heterocycles. The van der Waals surface area contributed by atoms with Crippen LogP contribution in [0.2, 0.25) is 0 Å². The van der Waals surface area contributed by atoms with Crippen molar-refractivity contribution in [2.24, 2.45) is 20.4 Å². The number of allylic oxidation sites excluding steroid dienone is 12. The Morgan fingerprint density at radius 2 is 0.500 bits per heavy atom. The molecule has 2 aromatic carbocycles. The molecule has 0 atom stereocenters. The Labute approximate surface area is 706 Å². The van der Waals surface area contributed by atoms with E-state index in [2.05, 4.69) is 30.4 Å². The van der Waals surface area contributed by atoms with Crippen molar-refractivity contribution in [2.45, 2.75) is 83.1 Å². The summed E-state index contributed by atoms with van der Waals surface area (Å²) in [4.78, 5) is 67.5. The second-order valence-electron chi connectivity index (χ2n) is 15.3. The fourth-order valence-corrected chi connectivity index (χ4v) is 4.35. The smallest absolute Gasteiger partial charge is 0.876 e. The van der Waals surface area contributed by atoms with Gasteiger partial charge in [0.2, 0.25) is 0 Å². The number of pyridine rings is 2. The van der Waals surface area contributed by atoms with Gasteiger partial charge < -0.3 is 102 Å². The molecule has 0 aliphatic rings. The number of benzene rings is 2. The second-order valence-corrected chi connectivity index (χ2v) is 15.3. The molecule has 0 unspecified atom stereocenters. The Bertz CT molecular complexity index is 2610. The summed E-state index contributed by atoms with van der Waals surface area (Å²) in [5, 5.41) is 198. The molecule has 100 heavy (non-hydrogen) atoms. The van der Waals surface area contributed by atoms with Crippen molar-refractivity contribution in [2.75, 3.05) is 56.9 Å². The summed E-state index contributed by atoms with van der Waals surface area (Å²) in [5.41, 5.74) is 0.481. The van der Waals surface area contributed by atoms with Gasteiger partial charge in [-0.15, -0.1) is 57.6 Å². The Balaban J connectivity index is -0.0000000578. The summed E-state index contributed by atoms with van der Waals surface area (Å²) in [7, 11) is 8.00. The SMILES string of the molecule is CC(=O)/C=C(/C)[O-].CC(=O)/C=C(/C)[O-].CC(=O)/C=C(/C)[O-].CC(=O)/C=C(/C)[O-].CC(=O)/C=C(/C)[O-].CC(=O)/C=C(/C)[O-].CO.CO.CO.CO.CO.CO.CO.CO.[Dy+3].[Dy+3].[Dy+3].[Dy+3].[O-]/C(=N\N=C\c1cccc([O-])c1[O-])c1ccccn1.[O-]/C(=N\N=C\c1cccc([O-])c1[O-])c1ccccn1. The van der Waals surface area contributed by atoms with Crippen LogP contribution in [0.25, 0.3) is 0 Å². The van der Waals surface area contributed by atoms with Gasteiger partial charge in [0, 0.05) is 81.1 Å². The maximum absolute atomic E-state index is 11.5. The minimum absolute atomic E-state index is 0. The van der Waals surface area contributed by atoms with Gasteiger partial charge >= 0.3 is 153 Å². The molecule has 0 bridgehead atoms. The van der Waals surface area contributed by atoms with Crippen molar-refractivity contribution in [1.82, 2.24) is 9.97 Å². The Kier molecular flexibility index (Phi) is 136. The maximum Gasteiger partial charge on any atom is 3.00 e. The van der Waals surface area contributed by atoms with Crippen LogP contribution in [0.15, 0.2) is 177 Å². The molecule has 0 amide bonds. The molecule has 36 heteroatoms. The Hall–Kier alpha value is -5.75. The number of hydrogen-bond donors (Lipinski definition) is 8. The monoisotopic (exact) mass is 2010 g/mol. The van der Waals surface area contributed by atoms with E-state index < -0.39 is 34.8 Å². The summed E-state index contributed by atoms with van der Waals surface area (Å²) in [6, 6.07) is 17.7. The predicted molar refractivity (Wildman–Crippen MR) is 339 cm³/mol. The molecule has 572 valence electrons. The molecule has 0 saturated heterocycles. The van der Waals surface area contributed by atoms with E-state index in [9.17, 15) is 90.0 Å². The van der Waals surface area contributed by atoms with Crippen LogP contribution in [0.4, 0.5) is 0 Å². The molecule has 0 aliphatic carbocycles. The number of rotatable bonds is 12. The van der Waals surface area contributed by atoms with Crippen molar-refractivity contribution in [3.8, 4) is 23.0 Å². The van der Waals surface area contributed by atoms with Crippen LogP contribution in [0.1, 0.15) is 106 Å².